The van der Waals surface area contributed by atoms with Gasteiger partial charge >= 0.3 is 0 Å². The van der Waals surface area contributed by atoms with E-state index in [9.17, 15) is 14.0 Å². The zero-order chi connectivity index (χ0) is 22.2. The van der Waals surface area contributed by atoms with Gasteiger partial charge in [0.05, 0.1) is 24.1 Å². The van der Waals surface area contributed by atoms with Gasteiger partial charge in [-0.1, -0.05) is 36.4 Å². The van der Waals surface area contributed by atoms with E-state index in [1.165, 1.54) is 12.1 Å². The maximum Gasteiger partial charge on any atom is 0.290 e. The summed E-state index contributed by atoms with van der Waals surface area (Å²) in [6.07, 6.45) is 0.578. The van der Waals surface area contributed by atoms with Crippen molar-refractivity contribution in [3.8, 4) is 5.75 Å². The van der Waals surface area contributed by atoms with E-state index in [0.29, 0.717) is 35.1 Å². The second-order valence-electron chi connectivity index (χ2n) is 7.72. The van der Waals surface area contributed by atoms with Gasteiger partial charge in [-0.05, 0) is 53.9 Å². The Bertz CT molecular complexity index is 1360. The minimum atomic E-state index is -0.641. The van der Waals surface area contributed by atoms with Crippen molar-refractivity contribution in [3.63, 3.8) is 0 Å². The summed E-state index contributed by atoms with van der Waals surface area (Å²) in [7, 11) is 1.61. The Morgan fingerprint density at radius 2 is 1.69 bits per heavy atom. The van der Waals surface area contributed by atoms with E-state index in [1.807, 2.05) is 24.3 Å². The number of halogens is 1. The summed E-state index contributed by atoms with van der Waals surface area (Å²) >= 11 is 0. The molecule has 3 aromatic carbocycles. The molecule has 1 atom stereocenters. The first-order chi connectivity index (χ1) is 15.6. The normalized spacial score (nSPS) is 15.2. The average molecular weight is 429 g/mol. The van der Waals surface area contributed by atoms with Gasteiger partial charge in [0.15, 0.2) is 5.43 Å². The van der Waals surface area contributed by atoms with Gasteiger partial charge < -0.3 is 14.1 Å². The highest BCUT2D eigenvalue weighted by molar-refractivity contribution is 5.99. The van der Waals surface area contributed by atoms with Crippen LogP contribution in [-0.2, 0) is 6.42 Å². The van der Waals surface area contributed by atoms with Crippen LogP contribution >= 0.6 is 0 Å². The van der Waals surface area contributed by atoms with Crippen molar-refractivity contribution >= 4 is 16.9 Å². The molecule has 1 amide bonds. The monoisotopic (exact) mass is 429 g/mol. The minimum Gasteiger partial charge on any atom is -0.497 e. The highest BCUT2D eigenvalue weighted by atomic mass is 19.1. The lowest BCUT2D eigenvalue weighted by molar-refractivity contribution is 0.0730. The van der Waals surface area contributed by atoms with Crippen LogP contribution in [0.5, 0.6) is 5.75 Å². The molecule has 5 nitrogen and oxygen atoms in total. The second kappa shape index (κ2) is 7.96. The largest absolute Gasteiger partial charge is 0.497 e. The van der Waals surface area contributed by atoms with E-state index in [1.54, 1.807) is 48.4 Å². The topological polar surface area (TPSA) is 59.8 Å². The number of ether oxygens (including phenoxy) is 1. The van der Waals surface area contributed by atoms with Gasteiger partial charge in [0.1, 0.15) is 17.1 Å². The quantitative estimate of drug-likeness (QED) is 0.460. The van der Waals surface area contributed by atoms with Crippen LogP contribution in [-0.4, -0.2) is 24.5 Å². The second-order valence-corrected chi connectivity index (χ2v) is 7.72. The summed E-state index contributed by atoms with van der Waals surface area (Å²) < 4.78 is 24.7. The van der Waals surface area contributed by atoms with Gasteiger partial charge in [-0.15, -0.1) is 0 Å². The molecule has 6 heteroatoms. The van der Waals surface area contributed by atoms with Crippen LogP contribution in [0.25, 0.3) is 11.0 Å². The number of fused-ring (bicyclic) bond motifs is 2. The first-order valence-electron chi connectivity index (χ1n) is 10.3. The molecular formula is C26H20FNO4. The highest BCUT2D eigenvalue weighted by Crippen LogP contribution is 2.38. The molecule has 0 saturated heterocycles. The molecule has 0 fully saturated rings. The van der Waals surface area contributed by atoms with Crippen molar-refractivity contribution in [3.05, 3.63) is 111 Å². The van der Waals surface area contributed by atoms with Crippen LogP contribution in [0.3, 0.4) is 0 Å². The van der Waals surface area contributed by atoms with Crippen molar-refractivity contribution in [1.82, 2.24) is 4.90 Å². The summed E-state index contributed by atoms with van der Waals surface area (Å²) in [5.41, 5.74) is 2.12. The van der Waals surface area contributed by atoms with Gasteiger partial charge in [-0.25, -0.2) is 4.39 Å². The van der Waals surface area contributed by atoms with Crippen molar-refractivity contribution < 1.29 is 18.3 Å². The number of para-hydroxylation sites is 1. The molecule has 0 saturated carbocycles. The smallest absolute Gasteiger partial charge is 0.290 e. The molecule has 0 bridgehead atoms. The molecule has 4 aromatic rings. The maximum atomic E-state index is 13.6. The number of amides is 1. The summed E-state index contributed by atoms with van der Waals surface area (Å²) in [6, 6.07) is 19.7. The van der Waals surface area contributed by atoms with Gasteiger partial charge in [0, 0.05) is 6.54 Å². The van der Waals surface area contributed by atoms with E-state index < -0.39 is 6.04 Å². The summed E-state index contributed by atoms with van der Waals surface area (Å²) in [6.45, 7) is 0.368. The number of rotatable bonds is 5. The van der Waals surface area contributed by atoms with E-state index in [4.69, 9.17) is 9.15 Å². The van der Waals surface area contributed by atoms with Crippen LogP contribution in [0.2, 0.25) is 0 Å². The summed E-state index contributed by atoms with van der Waals surface area (Å²) in [4.78, 5) is 28.4. The van der Waals surface area contributed by atoms with Crippen LogP contribution in [0, 0.1) is 5.82 Å². The fourth-order valence-electron chi connectivity index (χ4n) is 4.23. The van der Waals surface area contributed by atoms with Crippen molar-refractivity contribution in [2.24, 2.45) is 0 Å². The van der Waals surface area contributed by atoms with E-state index in [2.05, 4.69) is 0 Å². The standard InChI is InChI=1S/C26H20FNO4/c1-31-19-12-6-16(7-13-19)14-15-28-23(17-8-10-18(27)11-9-17)22-24(29)20-4-2-3-5-21(20)32-25(22)26(28)30/h2-13,23H,14-15H2,1H3/t23-/m0/s1. The maximum absolute atomic E-state index is 13.6. The zero-order valence-electron chi connectivity index (χ0n) is 17.4. The molecule has 1 aromatic heterocycles. The van der Waals surface area contributed by atoms with Gasteiger partial charge in [0.25, 0.3) is 5.91 Å². The van der Waals surface area contributed by atoms with Crippen LogP contribution in [0.1, 0.15) is 33.3 Å². The lowest BCUT2D eigenvalue weighted by atomic mass is 9.98. The number of methoxy groups -OCH3 is 1. The van der Waals surface area contributed by atoms with Crippen LogP contribution in [0.4, 0.5) is 4.39 Å². The number of benzene rings is 3. The Labute approximate surface area is 183 Å². The average Bonchev–Trinajstić information content (AvgIpc) is 3.10. The fourth-order valence-corrected chi connectivity index (χ4v) is 4.23. The molecule has 1 aliphatic rings. The number of nitrogens with zero attached hydrogens (tertiary/aromatic N) is 1. The summed E-state index contributed by atoms with van der Waals surface area (Å²) in [5.74, 6) is 0.0844. The molecule has 160 valence electrons. The Hall–Kier alpha value is -3.93. The van der Waals surface area contributed by atoms with Crippen LogP contribution < -0.4 is 10.2 Å². The molecule has 0 spiro atoms. The molecule has 0 radical (unpaired) electrons. The third kappa shape index (κ3) is 3.34. The highest BCUT2D eigenvalue weighted by Gasteiger charge is 2.42. The third-order valence-corrected chi connectivity index (χ3v) is 5.86. The molecule has 32 heavy (non-hydrogen) atoms. The van der Waals surface area contributed by atoms with Crippen LogP contribution in [0.15, 0.2) is 82.0 Å². The van der Waals surface area contributed by atoms with E-state index in [-0.39, 0.29) is 22.9 Å². The van der Waals surface area contributed by atoms with Gasteiger partial charge in [0.2, 0.25) is 5.76 Å². The minimum absolute atomic E-state index is 0.0535. The first kappa shape index (κ1) is 20.0. The molecule has 1 aliphatic heterocycles. The molecule has 0 N–H and O–H groups in total. The third-order valence-electron chi connectivity index (χ3n) is 5.86. The number of carbonyl (C=O) groups excluding carboxylic acids is 1. The van der Waals surface area contributed by atoms with E-state index >= 15 is 0 Å². The van der Waals surface area contributed by atoms with Crippen molar-refractivity contribution in [2.45, 2.75) is 12.5 Å². The fraction of sp³-hybridized carbons (Fsp3) is 0.154. The number of carbonyl (C=O) groups is 1. The van der Waals surface area contributed by atoms with E-state index in [0.717, 1.165) is 11.3 Å². The molecule has 0 aliphatic carbocycles. The lowest BCUT2D eigenvalue weighted by Gasteiger charge is -2.25. The Morgan fingerprint density at radius 3 is 2.41 bits per heavy atom. The Balaban J connectivity index is 1.58. The molecule has 2 heterocycles. The number of hydrogen-bond acceptors (Lipinski definition) is 4. The van der Waals surface area contributed by atoms with Crippen molar-refractivity contribution in [1.29, 1.82) is 0 Å². The molecule has 5 rings (SSSR count). The number of hydrogen-bond donors (Lipinski definition) is 0. The predicted molar refractivity (Wildman–Crippen MR) is 118 cm³/mol. The Morgan fingerprint density at radius 1 is 0.969 bits per heavy atom. The molecule has 0 unspecified atom stereocenters. The lowest BCUT2D eigenvalue weighted by Crippen LogP contribution is -2.31. The van der Waals surface area contributed by atoms with Gasteiger partial charge in [-0.3, -0.25) is 9.59 Å². The van der Waals surface area contributed by atoms with Gasteiger partial charge in [-0.2, -0.15) is 0 Å². The SMILES string of the molecule is COc1ccc(CCN2C(=O)c3oc4ccccc4c(=O)c3[C@@H]2c2ccc(F)cc2)cc1. The predicted octanol–water partition coefficient (Wildman–Crippen LogP) is 4.73. The first-order valence-corrected chi connectivity index (χ1v) is 10.3. The summed E-state index contributed by atoms with van der Waals surface area (Å²) in [5, 5.41) is 0.420. The zero-order valence-corrected chi connectivity index (χ0v) is 17.4. The Kier molecular flexibility index (Phi) is 4.98. The van der Waals surface area contributed by atoms with Crippen molar-refractivity contribution in [2.75, 3.05) is 13.7 Å². The molecular weight excluding hydrogens is 409 g/mol.